The third-order valence-electron chi connectivity index (χ3n) is 3.62. The van der Waals surface area contributed by atoms with Gasteiger partial charge in [0.05, 0.1) is 12.3 Å². The van der Waals surface area contributed by atoms with Crippen LogP contribution in [-0.4, -0.2) is 24.2 Å². The van der Waals surface area contributed by atoms with Crippen LogP contribution in [0.25, 0.3) is 11.3 Å². The minimum Gasteiger partial charge on any atom is -0.482 e. The molecule has 2 aromatic carbocycles. The first-order valence-electron chi connectivity index (χ1n) is 8.32. The van der Waals surface area contributed by atoms with E-state index in [0.29, 0.717) is 12.4 Å². The number of nitrogens with one attached hydrogen (secondary N) is 1. The van der Waals surface area contributed by atoms with E-state index in [4.69, 9.17) is 9.47 Å². The van der Waals surface area contributed by atoms with Crippen LogP contribution in [0.3, 0.4) is 0 Å². The molecule has 0 radical (unpaired) electrons. The normalized spacial score (nSPS) is 10.4. The van der Waals surface area contributed by atoms with Gasteiger partial charge in [-0.05, 0) is 50.2 Å². The summed E-state index contributed by atoms with van der Waals surface area (Å²) in [6.07, 6.45) is 0. The van der Waals surface area contributed by atoms with E-state index in [-0.39, 0.29) is 12.6 Å². The predicted molar refractivity (Wildman–Crippen MR) is 104 cm³/mol. The van der Waals surface area contributed by atoms with Gasteiger partial charge in [0.25, 0.3) is 0 Å². The Labute approximate surface area is 156 Å². The van der Waals surface area contributed by atoms with Crippen LogP contribution in [0.5, 0.6) is 5.75 Å². The third-order valence-corrected chi connectivity index (χ3v) is 4.38. The number of rotatable bonds is 7. The molecule has 1 aromatic heterocycles. The molecule has 3 aromatic rings. The molecule has 0 saturated carbocycles. The summed E-state index contributed by atoms with van der Waals surface area (Å²) in [6, 6.07) is 15.7. The fraction of sp³-hybridized carbons (Fsp3) is 0.200. The third kappa shape index (κ3) is 4.83. The first-order chi connectivity index (χ1) is 12.6. The molecule has 1 N–H and O–H groups in total. The summed E-state index contributed by atoms with van der Waals surface area (Å²) in [5.41, 5.74) is 4.11. The highest BCUT2D eigenvalue weighted by Gasteiger charge is 2.07. The topological polar surface area (TPSA) is 60.5 Å². The number of aromatic nitrogens is 1. The molecular formula is C20H20N2O3S. The number of hydrogen-bond donors (Lipinski definition) is 1. The Morgan fingerprint density at radius 3 is 2.54 bits per heavy atom. The van der Waals surface area contributed by atoms with Gasteiger partial charge in [-0.2, -0.15) is 0 Å². The summed E-state index contributed by atoms with van der Waals surface area (Å²) in [7, 11) is 0. The van der Waals surface area contributed by atoms with Gasteiger partial charge in [-0.25, -0.2) is 9.78 Å². The lowest BCUT2D eigenvalue weighted by Gasteiger charge is -2.06. The maximum absolute atomic E-state index is 11.3. The summed E-state index contributed by atoms with van der Waals surface area (Å²) in [5.74, 6) is 0.248. The largest absolute Gasteiger partial charge is 0.482 e. The predicted octanol–water partition coefficient (Wildman–Crippen LogP) is 4.80. The van der Waals surface area contributed by atoms with E-state index in [2.05, 4.69) is 29.4 Å². The van der Waals surface area contributed by atoms with Gasteiger partial charge in [-0.15, -0.1) is 11.3 Å². The molecule has 0 bridgehead atoms. The van der Waals surface area contributed by atoms with Crippen molar-refractivity contribution >= 4 is 28.1 Å². The number of esters is 1. The van der Waals surface area contributed by atoms with Crippen LogP contribution >= 0.6 is 11.3 Å². The summed E-state index contributed by atoms with van der Waals surface area (Å²) in [5, 5.41) is 6.15. The molecule has 5 nitrogen and oxygen atoms in total. The van der Waals surface area contributed by atoms with Crippen molar-refractivity contribution in [1.82, 2.24) is 4.98 Å². The molecule has 0 atom stereocenters. The summed E-state index contributed by atoms with van der Waals surface area (Å²) in [6.45, 7) is 4.09. The van der Waals surface area contributed by atoms with Gasteiger partial charge in [-0.1, -0.05) is 17.7 Å². The van der Waals surface area contributed by atoms with E-state index in [9.17, 15) is 4.79 Å². The molecule has 0 saturated heterocycles. The monoisotopic (exact) mass is 368 g/mol. The van der Waals surface area contributed by atoms with Gasteiger partial charge in [-0.3, -0.25) is 0 Å². The van der Waals surface area contributed by atoms with Crippen molar-refractivity contribution in [3.63, 3.8) is 0 Å². The number of nitrogens with zero attached hydrogens (tertiary/aromatic N) is 1. The molecule has 6 heteroatoms. The molecule has 1 heterocycles. The van der Waals surface area contributed by atoms with Crippen molar-refractivity contribution in [2.45, 2.75) is 13.8 Å². The summed E-state index contributed by atoms with van der Waals surface area (Å²) >= 11 is 1.55. The molecule has 0 aliphatic rings. The lowest BCUT2D eigenvalue weighted by molar-refractivity contribution is -0.145. The van der Waals surface area contributed by atoms with E-state index in [1.165, 1.54) is 5.56 Å². The Bertz CT molecular complexity index is 858. The highest BCUT2D eigenvalue weighted by Crippen LogP contribution is 2.28. The Balaban J connectivity index is 1.61. The Hall–Kier alpha value is -2.86. The van der Waals surface area contributed by atoms with E-state index in [1.54, 1.807) is 18.3 Å². The Kier molecular flexibility index (Phi) is 5.86. The van der Waals surface area contributed by atoms with Gasteiger partial charge < -0.3 is 14.8 Å². The lowest BCUT2D eigenvalue weighted by Crippen LogP contribution is -2.14. The molecule has 0 fully saturated rings. The van der Waals surface area contributed by atoms with Crippen molar-refractivity contribution in [3.8, 4) is 17.0 Å². The van der Waals surface area contributed by atoms with Crippen molar-refractivity contribution in [2.24, 2.45) is 0 Å². The number of thiazole rings is 1. The highest BCUT2D eigenvalue weighted by atomic mass is 32.1. The smallest absolute Gasteiger partial charge is 0.344 e. The van der Waals surface area contributed by atoms with Crippen molar-refractivity contribution in [2.75, 3.05) is 18.5 Å². The molecule has 0 aliphatic heterocycles. The van der Waals surface area contributed by atoms with Gasteiger partial charge in [0.1, 0.15) is 5.75 Å². The standard InChI is InChI=1S/C20H20N2O3S/c1-3-24-19(23)12-25-17-10-6-15(7-11-17)18-13-26-20(22-18)21-16-8-4-14(2)5-9-16/h4-11,13H,3,12H2,1-2H3,(H,21,22). The first kappa shape index (κ1) is 17.9. The minimum atomic E-state index is -0.372. The number of carbonyl (C=O) groups is 1. The van der Waals surface area contributed by atoms with Gasteiger partial charge >= 0.3 is 5.97 Å². The molecule has 0 spiro atoms. The van der Waals surface area contributed by atoms with Crippen LogP contribution < -0.4 is 10.1 Å². The zero-order valence-corrected chi connectivity index (χ0v) is 15.5. The molecule has 0 unspecified atom stereocenters. The van der Waals surface area contributed by atoms with Crippen molar-refractivity contribution in [3.05, 3.63) is 59.5 Å². The van der Waals surface area contributed by atoms with Crippen LogP contribution in [0.2, 0.25) is 0 Å². The maximum Gasteiger partial charge on any atom is 0.344 e. The second kappa shape index (κ2) is 8.49. The molecule has 134 valence electrons. The van der Waals surface area contributed by atoms with E-state index < -0.39 is 0 Å². The summed E-state index contributed by atoms with van der Waals surface area (Å²) < 4.78 is 10.2. The number of hydrogen-bond acceptors (Lipinski definition) is 6. The molecule has 0 amide bonds. The second-order valence-electron chi connectivity index (χ2n) is 5.65. The highest BCUT2D eigenvalue weighted by molar-refractivity contribution is 7.14. The van der Waals surface area contributed by atoms with Crippen molar-refractivity contribution in [1.29, 1.82) is 0 Å². The number of aryl methyl sites for hydroxylation is 1. The van der Waals surface area contributed by atoms with E-state index >= 15 is 0 Å². The SMILES string of the molecule is CCOC(=O)COc1ccc(-c2csc(Nc3ccc(C)cc3)n2)cc1. The fourth-order valence-corrected chi connectivity index (χ4v) is 3.03. The Morgan fingerprint density at radius 1 is 1.12 bits per heavy atom. The van der Waals surface area contributed by atoms with Crippen LogP contribution in [0.4, 0.5) is 10.8 Å². The maximum atomic E-state index is 11.3. The lowest BCUT2D eigenvalue weighted by atomic mass is 10.2. The van der Waals surface area contributed by atoms with Crippen LogP contribution in [0, 0.1) is 6.92 Å². The van der Waals surface area contributed by atoms with Gasteiger partial charge in [0, 0.05) is 16.6 Å². The van der Waals surface area contributed by atoms with Crippen molar-refractivity contribution < 1.29 is 14.3 Å². The average molecular weight is 368 g/mol. The molecular weight excluding hydrogens is 348 g/mol. The quantitative estimate of drug-likeness (QED) is 0.607. The number of ether oxygens (including phenoxy) is 2. The average Bonchev–Trinajstić information content (AvgIpc) is 3.11. The number of anilines is 2. The Morgan fingerprint density at radius 2 is 1.85 bits per heavy atom. The zero-order valence-electron chi connectivity index (χ0n) is 14.7. The van der Waals surface area contributed by atoms with Crippen LogP contribution in [0.15, 0.2) is 53.9 Å². The molecule has 0 aliphatic carbocycles. The minimum absolute atomic E-state index is 0.0888. The van der Waals surface area contributed by atoms with E-state index in [1.807, 2.05) is 41.8 Å². The second-order valence-corrected chi connectivity index (χ2v) is 6.51. The van der Waals surface area contributed by atoms with Gasteiger partial charge in [0.15, 0.2) is 11.7 Å². The van der Waals surface area contributed by atoms with Crippen LogP contribution in [-0.2, 0) is 9.53 Å². The van der Waals surface area contributed by atoms with Crippen LogP contribution in [0.1, 0.15) is 12.5 Å². The molecule has 3 rings (SSSR count). The first-order valence-corrected chi connectivity index (χ1v) is 9.20. The van der Waals surface area contributed by atoms with E-state index in [0.717, 1.165) is 22.1 Å². The fourth-order valence-electron chi connectivity index (χ4n) is 2.29. The summed E-state index contributed by atoms with van der Waals surface area (Å²) in [4.78, 5) is 15.9. The van der Waals surface area contributed by atoms with Gasteiger partial charge in [0.2, 0.25) is 0 Å². The number of carbonyl (C=O) groups excluding carboxylic acids is 1. The number of benzene rings is 2. The zero-order chi connectivity index (χ0) is 18.4. The molecule has 26 heavy (non-hydrogen) atoms.